The van der Waals surface area contributed by atoms with Crippen LogP contribution in [0.25, 0.3) is 0 Å². The fourth-order valence-corrected chi connectivity index (χ4v) is 0.611. The summed E-state index contributed by atoms with van der Waals surface area (Å²) in [6.07, 6.45) is 2.91. The number of oxime groups is 1. The van der Waals surface area contributed by atoms with Crippen LogP contribution < -0.4 is 0 Å². The Morgan fingerprint density at radius 2 is 2.55 bits per heavy atom. The van der Waals surface area contributed by atoms with Gasteiger partial charge in [-0.05, 0) is 12.1 Å². The summed E-state index contributed by atoms with van der Waals surface area (Å²) in [6.45, 7) is 0. The quantitative estimate of drug-likeness (QED) is 0.503. The van der Waals surface area contributed by atoms with E-state index in [4.69, 9.17) is 5.11 Å². The number of hydrogen-bond donors (Lipinski definition) is 1. The molecule has 1 aromatic heterocycles. The van der Waals surface area contributed by atoms with Crippen molar-refractivity contribution in [3.05, 3.63) is 24.0 Å². The Morgan fingerprint density at radius 1 is 1.73 bits per heavy atom. The Labute approximate surface area is 64.1 Å². The molecular formula is C7H8N2O2. The predicted molar refractivity (Wildman–Crippen MR) is 40.5 cm³/mol. The molecule has 1 rings (SSSR count). The van der Waals surface area contributed by atoms with Crippen LogP contribution in [-0.2, 0) is 4.84 Å². The largest absolute Gasteiger partial charge is 0.506 e. The zero-order chi connectivity index (χ0) is 8.10. The number of pyridine rings is 1. The predicted octanol–water partition coefficient (Wildman–Crippen LogP) is 0.767. The van der Waals surface area contributed by atoms with E-state index in [1.54, 1.807) is 12.3 Å². The van der Waals surface area contributed by atoms with Gasteiger partial charge in [-0.1, -0.05) is 5.16 Å². The van der Waals surface area contributed by atoms with Crippen molar-refractivity contribution in [3.8, 4) is 5.75 Å². The molecule has 0 aliphatic heterocycles. The van der Waals surface area contributed by atoms with Crippen molar-refractivity contribution in [2.24, 2.45) is 5.16 Å². The highest BCUT2D eigenvalue weighted by Gasteiger charge is 1.95. The lowest BCUT2D eigenvalue weighted by molar-refractivity contribution is 0.215. The van der Waals surface area contributed by atoms with Crippen LogP contribution in [-0.4, -0.2) is 23.4 Å². The van der Waals surface area contributed by atoms with Crippen molar-refractivity contribution in [1.29, 1.82) is 0 Å². The zero-order valence-corrected chi connectivity index (χ0v) is 6.06. The highest BCUT2D eigenvalue weighted by atomic mass is 16.6. The summed E-state index contributed by atoms with van der Waals surface area (Å²) >= 11 is 0. The highest BCUT2D eigenvalue weighted by molar-refractivity contribution is 5.79. The Kier molecular flexibility index (Phi) is 2.43. The first-order valence-electron chi connectivity index (χ1n) is 3.05. The van der Waals surface area contributed by atoms with Gasteiger partial charge in [0.25, 0.3) is 0 Å². The van der Waals surface area contributed by atoms with Gasteiger partial charge < -0.3 is 9.94 Å². The summed E-state index contributed by atoms with van der Waals surface area (Å²) in [7, 11) is 1.43. The Balaban J connectivity index is 2.86. The monoisotopic (exact) mass is 152 g/mol. The summed E-state index contributed by atoms with van der Waals surface area (Å²) in [4.78, 5) is 8.26. The second-order valence-electron chi connectivity index (χ2n) is 1.82. The van der Waals surface area contributed by atoms with E-state index in [1.807, 2.05) is 0 Å². The van der Waals surface area contributed by atoms with Gasteiger partial charge in [-0.15, -0.1) is 0 Å². The topological polar surface area (TPSA) is 54.7 Å². The molecule has 4 nitrogen and oxygen atoms in total. The van der Waals surface area contributed by atoms with Gasteiger partial charge in [0, 0.05) is 6.20 Å². The molecule has 0 aliphatic rings. The molecule has 0 fully saturated rings. The molecule has 0 bridgehead atoms. The van der Waals surface area contributed by atoms with Gasteiger partial charge in [0.1, 0.15) is 18.6 Å². The van der Waals surface area contributed by atoms with Gasteiger partial charge in [-0.3, -0.25) is 4.98 Å². The van der Waals surface area contributed by atoms with Gasteiger partial charge in [-0.25, -0.2) is 0 Å². The second kappa shape index (κ2) is 3.55. The third-order valence-corrected chi connectivity index (χ3v) is 1.10. The SMILES string of the molecule is CO/N=C/c1ncccc1O. The number of aromatic nitrogens is 1. The Hall–Kier alpha value is -1.58. The van der Waals surface area contributed by atoms with Crippen LogP contribution in [0.5, 0.6) is 5.75 Å². The molecule has 0 saturated heterocycles. The van der Waals surface area contributed by atoms with E-state index in [2.05, 4.69) is 15.0 Å². The van der Waals surface area contributed by atoms with Crippen LogP contribution in [0.2, 0.25) is 0 Å². The third-order valence-electron chi connectivity index (χ3n) is 1.10. The van der Waals surface area contributed by atoms with Gasteiger partial charge in [0.05, 0.1) is 6.21 Å². The molecule has 58 valence electrons. The maximum Gasteiger partial charge on any atom is 0.142 e. The maximum absolute atomic E-state index is 9.13. The van der Waals surface area contributed by atoms with E-state index < -0.39 is 0 Å². The second-order valence-corrected chi connectivity index (χ2v) is 1.82. The third kappa shape index (κ3) is 1.93. The van der Waals surface area contributed by atoms with Gasteiger partial charge in [0.2, 0.25) is 0 Å². The molecule has 0 unspecified atom stereocenters. The first-order valence-corrected chi connectivity index (χ1v) is 3.05. The van der Waals surface area contributed by atoms with Crippen LogP contribution in [0.15, 0.2) is 23.5 Å². The van der Waals surface area contributed by atoms with Crippen LogP contribution in [0.3, 0.4) is 0 Å². The lowest BCUT2D eigenvalue weighted by Gasteiger charge is -1.93. The van der Waals surface area contributed by atoms with E-state index in [0.29, 0.717) is 5.69 Å². The lowest BCUT2D eigenvalue weighted by atomic mass is 10.3. The van der Waals surface area contributed by atoms with Crippen molar-refractivity contribution in [1.82, 2.24) is 4.98 Å². The minimum absolute atomic E-state index is 0.0910. The van der Waals surface area contributed by atoms with Crippen molar-refractivity contribution in [3.63, 3.8) is 0 Å². The van der Waals surface area contributed by atoms with E-state index in [9.17, 15) is 0 Å². The highest BCUT2D eigenvalue weighted by Crippen LogP contribution is 2.09. The first kappa shape index (κ1) is 7.53. The molecule has 0 aromatic carbocycles. The van der Waals surface area contributed by atoms with Crippen LogP contribution in [0.4, 0.5) is 0 Å². The summed E-state index contributed by atoms with van der Waals surface area (Å²) < 4.78 is 0. The Morgan fingerprint density at radius 3 is 3.18 bits per heavy atom. The molecule has 1 N–H and O–H groups in total. The molecule has 0 amide bonds. The summed E-state index contributed by atoms with van der Waals surface area (Å²) in [5, 5.41) is 12.6. The molecule has 1 aromatic rings. The summed E-state index contributed by atoms with van der Waals surface area (Å²) in [6, 6.07) is 3.17. The number of nitrogens with zero attached hydrogens (tertiary/aromatic N) is 2. The normalized spacial score (nSPS) is 10.3. The molecule has 0 radical (unpaired) electrons. The van der Waals surface area contributed by atoms with E-state index >= 15 is 0 Å². The van der Waals surface area contributed by atoms with Crippen LogP contribution >= 0.6 is 0 Å². The average molecular weight is 152 g/mol. The van der Waals surface area contributed by atoms with Gasteiger partial charge in [0.15, 0.2) is 0 Å². The van der Waals surface area contributed by atoms with E-state index in [1.165, 1.54) is 19.4 Å². The van der Waals surface area contributed by atoms with Crippen molar-refractivity contribution < 1.29 is 9.94 Å². The molecular weight excluding hydrogens is 144 g/mol. The lowest BCUT2D eigenvalue weighted by Crippen LogP contribution is -1.86. The van der Waals surface area contributed by atoms with Crippen LogP contribution in [0.1, 0.15) is 5.69 Å². The van der Waals surface area contributed by atoms with Gasteiger partial charge in [-0.2, -0.15) is 0 Å². The van der Waals surface area contributed by atoms with Crippen LogP contribution in [0, 0.1) is 0 Å². The number of rotatable bonds is 2. The fraction of sp³-hybridized carbons (Fsp3) is 0.143. The van der Waals surface area contributed by atoms with Gasteiger partial charge >= 0.3 is 0 Å². The van der Waals surface area contributed by atoms with Crippen molar-refractivity contribution in [2.45, 2.75) is 0 Å². The number of hydrogen-bond acceptors (Lipinski definition) is 4. The van der Waals surface area contributed by atoms with E-state index in [0.717, 1.165) is 0 Å². The standard InChI is InChI=1S/C7H8N2O2/c1-11-9-5-6-7(10)3-2-4-8-6/h2-5,10H,1H3/b9-5+. The molecule has 0 saturated carbocycles. The molecule has 4 heteroatoms. The molecule has 11 heavy (non-hydrogen) atoms. The van der Waals surface area contributed by atoms with Crippen molar-refractivity contribution >= 4 is 6.21 Å². The first-order chi connectivity index (χ1) is 5.34. The fourth-order valence-electron chi connectivity index (χ4n) is 0.611. The minimum Gasteiger partial charge on any atom is -0.506 e. The zero-order valence-electron chi connectivity index (χ0n) is 6.06. The number of aromatic hydroxyl groups is 1. The smallest absolute Gasteiger partial charge is 0.142 e. The molecule has 0 spiro atoms. The summed E-state index contributed by atoms with van der Waals surface area (Å²) in [5.74, 6) is 0.0910. The average Bonchev–Trinajstić information content (AvgIpc) is 2.03. The van der Waals surface area contributed by atoms with E-state index in [-0.39, 0.29) is 5.75 Å². The minimum atomic E-state index is 0.0910. The molecule has 1 heterocycles. The van der Waals surface area contributed by atoms with Crippen molar-refractivity contribution in [2.75, 3.05) is 7.11 Å². The molecule has 0 atom stereocenters. The summed E-state index contributed by atoms with van der Waals surface area (Å²) in [5.41, 5.74) is 0.398. The molecule has 0 aliphatic carbocycles. The Bertz CT molecular complexity index is 260. The maximum atomic E-state index is 9.13.